The first-order chi connectivity index (χ1) is 15.6. The Labute approximate surface area is 188 Å². The molecular formula is C26H21N3O2S. The molecule has 0 amide bonds. The van der Waals surface area contributed by atoms with Crippen LogP contribution in [0.1, 0.15) is 29.8 Å². The molecule has 2 aromatic heterocycles. The van der Waals surface area contributed by atoms with Gasteiger partial charge in [0.2, 0.25) is 4.96 Å². The fourth-order valence-electron chi connectivity index (χ4n) is 3.64. The molecule has 0 aliphatic rings. The number of hydrogen-bond donors (Lipinski definition) is 0. The van der Waals surface area contributed by atoms with Crippen LogP contribution in [0.3, 0.4) is 0 Å². The van der Waals surface area contributed by atoms with Gasteiger partial charge in [-0.1, -0.05) is 85.0 Å². The Balaban J connectivity index is 1.44. The molecule has 6 heteroatoms. The molecule has 1 unspecified atom stereocenters. The van der Waals surface area contributed by atoms with E-state index in [9.17, 15) is 4.79 Å². The minimum Gasteiger partial charge on any atom is -0.497 e. The molecule has 0 spiro atoms. The van der Waals surface area contributed by atoms with Crippen LogP contribution in [-0.4, -0.2) is 21.7 Å². The lowest BCUT2D eigenvalue weighted by atomic mass is 9.97. The van der Waals surface area contributed by atoms with Gasteiger partial charge in [-0.2, -0.15) is 4.52 Å². The van der Waals surface area contributed by atoms with Crippen molar-refractivity contribution < 1.29 is 4.74 Å². The van der Waals surface area contributed by atoms with E-state index in [0.29, 0.717) is 15.3 Å². The van der Waals surface area contributed by atoms with Crippen LogP contribution < -0.4 is 14.8 Å². The first-order valence-corrected chi connectivity index (χ1v) is 11.1. The first-order valence-electron chi connectivity index (χ1n) is 10.3. The number of thiazole rings is 1. The molecule has 32 heavy (non-hydrogen) atoms. The smallest absolute Gasteiger partial charge is 0.291 e. The molecule has 0 saturated heterocycles. The summed E-state index contributed by atoms with van der Waals surface area (Å²) in [6.45, 7) is 2.06. The van der Waals surface area contributed by atoms with E-state index in [-0.39, 0.29) is 11.5 Å². The SMILES string of the molecule is COc1ccc2cc(C(C)c3nc4s/c(=C\C=C\c5ccccc5)c(=O)n4n3)ccc2c1. The van der Waals surface area contributed by atoms with Gasteiger partial charge in [0.05, 0.1) is 11.6 Å². The highest BCUT2D eigenvalue weighted by Crippen LogP contribution is 2.27. The van der Waals surface area contributed by atoms with Crippen LogP contribution in [0.4, 0.5) is 0 Å². The van der Waals surface area contributed by atoms with Gasteiger partial charge >= 0.3 is 0 Å². The molecule has 5 rings (SSSR count). The highest BCUT2D eigenvalue weighted by atomic mass is 32.1. The summed E-state index contributed by atoms with van der Waals surface area (Å²) in [4.78, 5) is 18.0. The maximum Gasteiger partial charge on any atom is 0.291 e. The summed E-state index contributed by atoms with van der Waals surface area (Å²) in [5, 5.41) is 6.77. The van der Waals surface area contributed by atoms with Crippen LogP contribution in [0, 0.1) is 0 Å². The predicted octanol–water partition coefficient (Wildman–Crippen LogP) is 4.68. The summed E-state index contributed by atoms with van der Waals surface area (Å²) in [5.41, 5.74) is 2.05. The molecule has 0 N–H and O–H groups in total. The van der Waals surface area contributed by atoms with E-state index in [1.54, 1.807) is 7.11 Å². The van der Waals surface area contributed by atoms with Crippen LogP contribution in [0.5, 0.6) is 5.75 Å². The molecular weight excluding hydrogens is 418 g/mol. The van der Waals surface area contributed by atoms with Crippen molar-refractivity contribution in [1.29, 1.82) is 0 Å². The topological polar surface area (TPSA) is 56.5 Å². The average Bonchev–Trinajstić information content (AvgIpc) is 3.38. The summed E-state index contributed by atoms with van der Waals surface area (Å²) in [6, 6.07) is 22.3. The summed E-state index contributed by atoms with van der Waals surface area (Å²) in [7, 11) is 1.67. The number of allylic oxidation sites excluding steroid dienone is 1. The van der Waals surface area contributed by atoms with Crippen LogP contribution in [0.2, 0.25) is 0 Å². The molecule has 0 radical (unpaired) electrons. The van der Waals surface area contributed by atoms with Crippen LogP contribution in [0.25, 0.3) is 27.9 Å². The summed E-state index contributed by atoms with van der Waals surface area (Å²) in [6.07, 6.45) is 5.67. The van der Waals surface area contributed by atoms with Crippen LogP contribution >= 0.6 is 11.3 Å². The van der Waals surface area contributed by atoms with E-state index in [0.717, 1.165) is 27.6 Å². The van der Waals surface area contributed by atoms with E-state index >= 15 is 0 Å². The number of aromatic nitrogens is 3. The lowest BCUT2D eigenvalue weighted by Gasteiger charge is -2.10. The average molecular weight is 440 g/mol. The first kappa shape index (κ1) is 20.2. The van der Waals surface area contributed by atoms with Gasteiger partial charge in [-0.15, -0.1) is 5.10 Å². The van der Waals surface area contributed by atoms with E-state index < -0.39 is 0 Å². The summed E-state index contributed by atoms with van der Waals surface area (Å²) in [5.74, 6) is 1.45. The van der Waals surface area contributed by atoms with E-state index in [4.69, 9.17) is 4.74 Å². The van der Waals surface area contributed by atoms with Crippen molar-refractivity contribution in [3.8, 4) is 5.75 Å². The Hall–Kier alpha value is -3.77. The van der Waals surface area contributed by atoms with E-state index in [2.05, 4.69) is 35.2 Å². The van der Waals surface area contributed by atoms with E-state index in [1.807, 2.05) is 66.8 Å². The highest BCUT2D eigenvalue weighted by Gasteiger charge is 2.17. The predicted molar refractivity (Wildman–Crippen MR) is 130 cm³/mol. The van der Waals surface area contributed by atoms with Crippen molar-refractivity contribution in [3.05, 3.63) is 105 Å². The quantitative estimate of drug-likeness (QED) is 0.399. The second-order valence-corrected chi connectivity index (χ2v) is 8.58. The lowest BCUT2D eigenvalue weighted by molar-refractivity contribution is 0.415. The minimum atomic E-state index is -0.140. The van der Waals surface area contributed by atoms with Crippen molar-refractivity contribution in [1.82, 2.24) is 14.6 Å². The molecule has 5 aromatic rings. The molecule has 3 aromatic carbocycles. The van der Waals surface area contributed by atoms with E-state index in [1.165, 1.54) is 15.9 Å². The Bertz CT molecular complexity index is 1550. The number of hydrogen-bond acceptors (Lipinski definition) is 5. The van der Waals surface area contributed by atoms with Crippen LogP contribution in [-0.2, 0) is 0 Å². The van der Waals surface area contributed by atoms with Gasteiger partial charge in [0.1, 0.15) is 5.75 Å². The third kappa shape index (κ3) is 3.81. The second-order valence-electron chi connectivity index (χ2n) is 7.57. The standard InChI is InChI=1S/C26H21N3O2S/c1-17(19-11-12-21-16-22(31-2)14-13-20(21)15-19)24-27-26-29(28-24)25(30)23(32-26)10-6-9-18-7-4-3-5-8-18/h3-17H,1-2H3/b9-6+,23-10-. The zero-order valence-electron chi connectivity index (χ0n) is 17.7. The third-order valence-electron chi connectivity index (χ3n) is 5.49. The molecule has 0 fully saturated rings. The maximum absolute atomic E-state index is 12.8. The van der Waals surface area contributed by atoms with Crippen molar-refractivity contribution in [2.24, 2.45) is 0 Å². The van der Waals surface area contributed by atoms with Crippen molar-refractivity contribution in [2.45, 2.75) is 12.8 Å². The molecule has 0 bridgehead atoms. The molecule has 5 nitrogen and oxygen atoms in total. The van der Waals surface area contributed by atoms with Gasteiger partial charge in [0.15, 0.2) is 5.82 Å². The number of rotatable bonds is 5. The largest absolute Gasteiger partial charge is 0.497 e. The molecule has 1 atom stereocenters. The normalized spacial score (nSPS) is 13.4. The third-order valence-corrected chi connectivity index (χ3v) is 6.47. The second kappa shape index (κ2) is 8.40. The zero-order chi connectivity index (χ0) is 22.1. The van der Waals surface area contributed by atoms with Gasteiger partial charge in [0, 0.05) is 5.92 Å². The van der Waals surface area contributed by atoms with Gasteiger partial charge in [-0.3, -0.25) is 4.79 Å². The Morgan fingerprint density at radius 2 is 1.81 bits per heavy atom. The molecule has 0 aliphatic heterocycles. The molecule has 158 valence electrons. The van der Waals surface area contributed by atoms with Crippen molar-refractivity contribution in [2.75, 3.05) is 7.11 Å². The van der Waals surface area contributed by atoms with Crippen LogP contribution in [0.15, 0.2) is 77.6 Å². The van der Waals surface area contributed by atoms with Gasteiger partial charge in [-0.05, 0) is 40.1 Å². The van der Waals surface area contributed by atoms with Gasteiger partial charge < -0.3 is 4.74 Å². The zero-order valence-corrected chi connectivity index (χ0v) is 18.5. The number of ether oxygens (including phenoxy) is 1. The number of benzene rings is 3. The minimum absolute atomic E-state index is 0.0293. The number of methoxy groups -OCH3 is 1. The monoisotopic (exact) mass is 439 g/mol. The Morgan fingerprint density at radius 3 is 2.59 bits per heavy atom. The van der Waals surface area contributed by atoms with Gasteiger partial charge in [0.25, 0.3) is 5.56 Å². The maximum atomic E-state index is 12.8. The fourth-order valence-corrected chi connectivity index (χ4v) is 4.51. The number of fused-ring (bicyclic) bond motifs is 2. The summed E-state index contributed by atoms with van der Waals surface area (Å²) < 4.78 is 7.33. The van der Waals surface area contributed by atoms with Crippen molar-refractivity contribution in [3.63, 3.8) is 0 Å². The Kier molecular flexibility index (Phi) is 5.29. The van der Waals surface area contributed by atoms with Gasteiger partial charge in [-0.25, -0.2) is 4.98 Å². The molecule has 0 saturated carbocycles. The fraction of sp³-hybridized carbons (Fsp3) is 0.115. The number of nitrogens with zero attached hydrogens (tertiary/aromatic N) is 3. The lowest BCUT2D eigenvalue weighted by Crippen LogP contribution is -2.23. The summed E-state index contributed by atoms with van der Waals surface area (Å²) >= 11 is 1.36. The molecule has 2 heterocycles. The van der Waals surface area contributed by atoms with Crippen molar-refractivity contribution >= 4 is 39.2 Å². The Morgan fingerprint density at radius 1 is 1.03 bits per heavy atom. The molecule has 0 aliphatic carbocycles. The highest BCUT2D eigenvalue weighted by molar-refractivity contribution is 7.15.